The van der Waals surface area contributed by atoms with Crippen molar-refractivity contribution in [1.29, 1.82) is 0 Å². The van der Waals surface area contributed by atoms with Gasteiger partial charge in [-0.05, 0) is 48.9 Å². The van der Waals surface area contributed by atoms with Gasteiger partial charge in [-0.1, -0.05) is 29.8 Å². The quantitative estimate of drug-likeness (QED) is 0.421. The van der Waals surface area contributed by atoms with Gasteiger partial charge < -0.3 is 9.15 Å². The molecule has 0 saturated heterocycles. The van der Waals surface area contributed by atoms with Crippen molar-refractivity contribution >= 4 is 22.4 Å². The lowest BCUT2D eigenvalue weighted by Gasteiger charge is -2.04. The predicted octanol–water partition coefficient (Wildman–Crippen LogP) is 5.61. The highest BCUT2D eigenvalue weighted by atomic mass is 32.1. The largest absolute Gasteiger partial charge is 0.486 e. The standard InChI is InChI=1S/C23H19FN2O3S/c1-15-2-8-18(9-3-15)28-14-19-10-11-21(29-19)22(27)26-23-25-13-20(30-23)12-16-4-6-17(24)7-5-16/h2-11,13H,12,14H2,1H3,(H,25,26,27). The number of amides is 1. The van der Waals surface area contributed by atoms with Gasteiger partial charge in [0.1, 0.15) is 23.9 Å². The maximum atomic E-state index is 13.0. The lowest BCUT2D eigenvalue weighted by molar-refractivity contribution is 0.0992. The van der Waals surface area contributed by atoms with Crippen LogP contribution in [0.5, 0.6) is 5.75 Å². The third-order valence-corrected chi connectivity index (χ3v) is 5.27. The Kier molecular flexibility index (Phi) is 5.90. The highest BCUT2D eigenvalue weighted by Gasteiger charge is 2.14. The fourth-order valence-electron chi connectivity index (χ4n) is 2.78. The molecule has 7 heteroatoms. The number of ether oxygens (including phenoxy) is 1. The first-order valence-electron chi connectivity index (χ1n) is 9.34. The Bertz CT molecular complexity index is 1130. The molecule has 2 heterocycles. The molecule has 30 heavy (non-hydrogen) atoms. The molecule has 4 rings (SSSR count). The highest BCUT2D eigenvalue weighted by Crippen LogP contribution is 2.22. The van der Waals surface area contributed by atoms with Gasteiger partial charge >= 0.3 is 0 Å². The van der Waals surface area contributed by atoms with Crippen molar-refractivity contribution < 1.29 is 18.3 Å². The first kappa shape index (κ1) is 19.8. The van der Waals surface area contributed by atoms with Crippen molar-refractivity contribution in [2.24, 2.45) is 0 Å². The van der Waals surface area contributed by atoms with E-state index in [9.17, 15) is 9.18 Å². The fourth-order valence-corrected chi connectivity index (χ4v) is 3.62. The zero-order chi connectivity index (χ0) is 20.9. The molecule has 0 saturated carbocycles. The summed E-state index contributed by atoms with van der Waals surface area (Å²) in [6, 6.07) is 17.3. The number of anilines is 1. The van der Waals surface area contributed by atoms with E-state index >= 15 is 0 Å². The smallest absolute Gasteiger partial charge is 0.293 e. The Balaban J connectivity index is 1.32. The number of carbonyl (C=O) groups is 1. The van der Waals surface area contributed by atoms with Crippen molar-refractivity contribution in [1.82, 2.24) is 4.98 Å². The second-order valence-corrected chi connectivity index (χ2v) is 7.87. The molecule has 1 amide bonds. The van der Waals surface area contributed by atoms with Crippen LogP contribution in [-0.4, -0.2) is 10.9 Å². The summed E-state index contributed by atoms with van der Waals surface area (Å²) in [5, 5.41) is 3.22. The average Bonchev–Trinajstić information content (AvgIpc) is 3.39. The molecule has 1 N–H and O–H groups in total. The number of thiazole rings is 1. The van der Waals surface area contributed by atoms with Gasteiger partial charge in [-0.2, -0.15) is 0 Å². The lowest BCUT2D eigenvalue weighted by Crippen LogP contribution is -2.10. The van der Waals surface area contributed by atoms with Crippen LogP contribution in [0.15, 0.2) is 71.3 Å². The molecule has 152 valence electrons. The normalized spacial score (nSPS) is 10.7. The van der Waals surface area contributed by atoms with E-state index in [4.69, 9.17) is 9.15 Å². The van der Waals surface area contributed by atoms with Crippen LogP contribution in [0.1, 0.15) is 32.3 Å². The summed E-state index contributed by atoms with van der Waals surface area (Å²) in [6.07, 6.45) is 2.32. The lowest BCUT2D eigenvalue weighted by atomic mass is 10.1. The number of aromatic nitrogens is 1. The molecule has 0 aliphatic carbocycles. The summed E-state index contributed by atoms with van der Waals surface area (Å²) >= 11 is 1.37. The van der Waals surface area contributed by atoms with Crippen LogP contribution in [0.25, 0.3) is 0 Å². The maximum absolute atomic E-state index is 13.0. The molecule has 5 nitrogen and oxygen atoms in total. The molecule has 0 bridgehead atoms. The van der Waals surface area contributed by atoms with E-state index in [1.807, 2.05) is 31.2 Å². The van der Waals surface area contributed by atoms with Gasteiger partial charge in [0.2, 0.25) is 0 Å². The molecular weight excluding hydrogens is 403 g/mol. The van der Waals surface area contributed by atoms with Crippen molar-refractivity contribution in [3.05, 3.63) is 100 Å². The van der Waals surface area contributed by atoms with E-state index in [2.05, 4.69) is 10.3 Å². The second kappa shape index (κ2) is 8.92. The van der Waals surface area contributed by atoms with Gasteiger partial charge in [0.05, 0.1) is 0 Å². The average molecular weight is 422 g/mol. The number of halogens is 1. The minimum atomic E-state index is -0.376. The zero-order valence-electron chi connectivity index (χ0n) is 16.2. The van der Waals surface area contributed by atoms with Crippen molar-refractivity contribution in [2.75, 3.05) is 5.32 Å². The molecule has 2 aromatic carbocycles. The Labute approximate surface area is 177 Å². The van der Waals surface area contributed by atoms with Gasteiger partial charge in [-0.3, -0.25) is 10.1 Å². The number of nitrogens with zero attached hydrogens (tertiary/aromatic N) is 1. The molecule has 0 aliphatic heterocycles. The highest BCUT2D eigenvalue weighted by molar-refractivity contribution is 7.15. The van der Waals surface area contributed by atoms with Crippen LogP contribution in [0.2, 0.25) is 0 Å². The third kappa shape index (κ3) is 5.12. The van der Waals surface area contributed by atoms with E-state index in [1.54, 1.807) is 30.5 Å². The molecular formula is C23H19FN2O3S. The maximum Gasteiger partial charge on any atom is 0.293 e. The number of rotatable bonds is 7. The van der Waals surface area contributed by atoms with Gasteiger partial charge in [-0.25, -0.2) is 9.37 Å². The number of nitrogens with one attached hydrogen (secondary N) is 1. The first-order chi connectivity index (χ1) is 14.5. The van der Waals surface area contributed by atoms with E-state index in [-0.39, 0.29) is 24.1 Å². The Morgan fingerprint density at radius 1 is 1.10 bits per heavy atom. The van der Waals surface area contributed by atoms with Crippen LogP contribution < -0.4 is 10.1 Å². The van der Waals surface area contributed by atoms with Crippen LogP contribution in [0.4, 0.5) is 9.52 Å². The van der Waals surface area contributed by atoms with Gasteiger partial charge in [0.15, 0.2) is 10.9 Å². The van der Waals surface area contributed by atoms with E-state index < -0.39 is 0 Å². The number of hydrogen-bond donors (Lipinski definition) is 1. The molecule has 0 unspecified atom stereocenters. The molecule has 0 fully saturated rings. The molecule has 2 aromatic heterocycles. The van der Waals surface area contributed by atoms with Gasteiger partial charge in [0, 0.05) is 17.5 Å². The number of benzene rings is 2. The van der Waals surface area contributed by atoms with Crippen LogP contribution >= 0.6 is 11.3 Å². The minimum absolute atomic E-state index is 0.188. The first-order valence-corrected chi connectivity index (χ1v) is 10.2. The molecule has 0 aliphatic rings. The van der Waals surface area contributed by atoms with Crippen molar-refractivity contribution in [3.63, 3.8) is 0 Å². The van der Waals surface area contributed by atoms with Crippen LogP contribution in [0, 0.1) is 12.7 Å². The van der Waals surface area contributed by atoms with E-state index in [1.165, 1.54) is 23.5 Å². The Hall–Kier alpha value is -3.45. The number of hydrogen-bond acceptors (Lipinski definition) is 5. The Morgan fingerprint density at radius 3 is 2.63 bits per heavy atom. The SMILES string of the molecule is Cc1ccc(OCc2ccc(C(=O)Nc3ncc(Cc4ccc(F)cc4)s3)o2)cc1. The van der Waals surface area contributed by atoms with E-state index in [0.29, 0.717) is 17.3 Å². The summed E-state index contributed by atoms with van der Waals surface area (Å²) in [5.41, 5.74) is 2.13. The predicted molar refractivity (Wildman–Crippen MR) is 113 cm³/mol. The van der Waals surface area contributed by atoms with Gasteiger partial charge in [0.25, 0.3) is 5.91 Å². The summed E-state index contributed by atoms with van der Waals surface area (Å²) in [6.45, 7) is 2.24. The molecule has 0 atom stereocenters. The Morgan fingerprint density at radius 2 is 1.87 bits per heavy atom. The van der Waals surface area contributed by atoms with Gasteiger partial charge in [-0.15, -0.1) is 11.3 Å². The second-order valence-electron chi connectivity index (χ2n) is 6.76. The number of furan rings is 1. The van der Waals surface area contributed by atoms with Crippen LogP contribution in [-0.2, 0) is 13.0 Å². The third-order valence-electron chi connectivity index (χ3n) is 4.35. The fraction of sp³-hybridized carbons (Fsp3) is 0.130. The molecule has 4 aromatic rings. The molecule has 0 radical (unpaired) electrons. The zero-order valence-corrected chi connectivity index (χ0v) is 17.0. The van der Waals surface area contributed by atoms with Crippen molar-refractivity contribution in [3.8, 4) is 5.75 Å². The summed E-state index contributed by atoms with van der Waals surface area (Å²) in [5.74, 6) is 0.835. The number of carbonyl (C=O) groups excluding carboxylic acids is 1. The topological polar surface area (TPSA) is 64.4 Å². The monoisotopic (exact) mass is 422 g/mol. The summed E-state index contributed by atoms with van der Waals surface area (Å²) in [4.78, 5) is 17.6. The molecule has 0 spiro atoms. The summed E-state index contributed by atoms with van der Waals surface area (Å²) < 4.78 is 24.3. The summed E-state index contributed by atoms with van der Waals surface area (Å²) in [7, 11) is 0. The minimum Gasteiger partial charge on any atom is -0.486 e. The number of aryl methyl sites for hydroxylation is 1. The van der Waals surface area contributed by atoms with E-state index in [0.717, 1.165) is 21.8 Å². The van der Waals surface area contributed by atoms with Crippen molar-refractivity contribution in [2.45, 2.75) is 20.0 Å². The van der Waals surface area contributed by atoms with Crippen LogP contribution in [0.3, 0.4) is 0 Å².